The van der Waals surface area contributed by atoms with E-state index in [9.17, 15) is 9.18 Å². The van der Waals surface area contributed by atoms with Crippen LogP contribution in [0.4, 0.5) is 4.39 Å². The fourth-order valence-electron chi connectivity index (χ4n) is 1.61. The fraction of sp³-hybridized carbons (Fsp3) is 0.429. The number of carbonyl (C=O) groups is 1. The summed E-state index contributed by atoms with van der Waals surface area (Å²) in [5.74, 6) is -0.522. The molecule has 19 heavy (non-hydrogen) atoms. The summed E-state index contributed by atoms with van der Waals surface area (Å²) in [6, 6.07) is 5.83. The van der Waals surface area contributed by atoms with Crippen LogP contribution in [0.5, 0.6) is 0 Å². The number of nitrogens with one attached hydrogen (secondary N) is 1. The van der Waals surface area contributed by atoms with Gasteiger partial charge in [-0.1, -0.05) is 6.07 Å². The lowest BCUT2D eigenvalue weighted by Gasteiger charge is -2.20. The van der Waals surface area contributed by atoms with Gasteiger partial charge in [0.25, 0.3) is 0 Å². The first kappa shape index (κ1) is 15.1. The van der Waals surface area contributed by atoms with Gasteiger partial charge in [0.15, 0.2) is 0 Å². The second-order valence-electron chi connectivity index (χ2n) is 4.38. The Labute approximate surface area is 112 Å². The number of carbonyl (C=O) groups excluding carboxylic acids is 1. The van der Waals surface area contributed by atoms with Crippen molar-refractivity contribution in [2.45, 2.75) is 26.4 Å². The first-order valence-electron chi connectivity index (χ1n) is 6.16. The van der Waals surface area contributed by atoms with Crippen LogP contribution in [0, 0.1) is 17.1 Å². The van der Waals surface area contributed by atoms with Gasteiger partial charge in [-0.15, -0.1) is 0 Å². The first-order valence-corrected chi connectivity index (χ1v) is 6.16. The third-order valence-corrected chi connectivity index (χ3v) is 2.98. The summed E-state index contributed by atoms with van der Waals surface area (Å²) in [6.07, 6.45) is 0. The number of halogens is 1. The molecule has 0 saturated carbocycles. The van der Waals surface area contributed by atoms with Gasteiger partial charge in [0.1, 0.15) is 11.9 Å². The van der Waals surface area contributed by atoms with Gasteiger partial charge < -0.3 is 10.2 Å². The van der Waals surface area contributed by atoms with E-state index in [0.29, 0.717) is 13.1 Å². The summed E-state index contributed by atoms with van der Waals surface area (Å²) in [5.41, 5.74) is 0.792. The molecule has 0 aromatic heterocycles. The third kappa shape index (κ3) is 4.04. The highest BCUT2D eigenvalue weighted by Gasteiger charge is 2.15. The highest BCUT2D eigenvalue weighted by molar-refractivity contribution is 5.81. The average Bonchev–Trinajstić information content (AvgIpc) is 2.44. The van der Waals surface area contributed by atoms with Crippen LogP contribution in [-0.2, 0) is 11.3 Å². The molecular weight excluding hydrogens is 245 g/mol. The third-order valence-electron chi connectivity index (χ3n) is 2.98. The fourth-order valence-corrected chi connectivity index (χ4v) is 1.61. The number of benzene rings is 1. The number of nitriles is 1. The second kappa shape index (κ2) is 6.86. The molecule has 0 aliphatic carbocycles. The van der Waals surface area contributed by atoms with Gasteiger partial charge in [-0.3, -0.25) is 4.79 Å². The Morgan fingerprint density at radius 2 is 2.26 bits per heavy atom. The van der Waals surface area contributed by atoms with Gasteiger partial charge >= 0.3 is 0 Å². The van der Waals surface area contributed by atoms with Crippen LogP contribution in [0.15, 0.2) is 18.2 Å². The maximum atomic E-state index is 13.1. The zero-order valence-corrected chi connectivity index (χ0v) is 11.4. The highest BCUT2D eigenvalue weighted by Crippen LogP contribution is 2.09. The zero-order chi connectivity index (χ0) is 14.4. The quantitative estimate of drug-likeness (QED) is 0.879. The predicted octanol–water partition coefficient (Wildman–Crippen LogP) is 1.65. The molecule has 0 bridgehead atoms. The van der Waals surface area contributed by atoms with Crippen LogP contribution in [0.1, 0.15) is 25.0 Å². The Balaban J connectivity index is 2.62. The Hall–Kier alpha value is -1.93. The van der Waals surface area contributed by atoms with E-state index in [-0.39, 0.29) is 17.5 Å². The van der Waals surface area contributed by atoms with Crippen molar-refractivity contribution in [2.75, 3.05) is 13.6 Å². The molecular formula is C14H18FN3O. The van der Waals surface area contributed by atoms with Gasteiger partial charge in [-0.05, 0) is 31.5 Å². The molecule has 1 N–H and O–H groups in total. The number of rotatable bonds is 5. The van der Waals surface area contributed by atoms with E-state index in [2.05, 4.69) is 5.32 Å². The molecule has 1 atom stereocenters. The van der Waals surface area contributed by atoms with Crippen LogP contribution in [0.2, 0.25) is 0 Å². The van der Waals surface area contributed by atoms with Crippen molar-refractivity contribution >= 4 is 5.91 Å². The molecule has 1 aromatic rings. The van der Waals surface area contributed by atoms with Crippen molar-refractivity contribution in [1.82, 2.24) is 10.2 Å². The van der Waals surface area contributed by atoms with E-state index in [1.54, 1.807) is 31.0 Å². The highest BCUT2D eigenvalue weighted by atomic mass is 19.1. The molecule has 1 rings (SSSR count). The summed E-state index contributed by atoms with van der Waals surface area (Å²) in [5, 5.41) is 11.8. The number of hydrogen-bond acceptors (Lipinski definition) is 3. The molecule has 0 aliphatic rings. The molecule has 102 valence electrons. The molecule has 1 amide bonds. The van der Waals surface area contributed by atoms with Crippen LogP contribution in [0.25, 0.3) is 0 Å². The zero-order valence-electron chi connectivity index (χ0n) is 11.4. The SMILES string of the molecule is CCN(C)C(=O)C(C)NCc1ccc(F)c(C#N)c1. The van der Waals surface area contributed by atoms with Crippen molar-refractivity contribution in [3.05, 3.63) is 35.1 Å². The lowest BCUT2D eigenvalue weighted by atomic mass is 10.1. The molecule has 0 spiro atoms. The van der Waals surface area contributed by atoms with Gasteiger partial charge in [-0.25, -0.2) is 4.39 Å². The van der Waals surface area contributed by atoms with E-state index >= 15 is 0 Å². The maximum absolute atomic E-state index is 13.1. The van der Waals surface area contributed by atoms with Crippen LogP contribution in [0.3, 0.4) is 0 Å². The van der Waals surface area contributed by atoms with E-state index in [0.717, 1.165) is 5.56 Å². The Bertz CT molecular complexity index is 496. The minimum atomic E-state index is -0.527. The van der Waals surface area contributed by atoms with Gasteiger partial charge in [0.2, 0.25) is 5.91 Å². The number of amides is 1. The predicted molar refractivity (Wildman–Crippen MR) is 70.7 cm³/mol. The molecule has 5 heteroatoms. The number of hydrogen-bond donors (Lipinski definition) is 1. The van der Waals surface area contributed by atoms with Gasteiger partial charge in [0, 0.05) is 20.1 Å². The van der Waals surface area contributed by atoms with E-state index in [4.69, 9.17) is 5.26 Å². The van der Waals surface area contributed by atoms with Gasteiger partial charge in [0.05, 0.1) is 11.6 Å². The standard InChI is InChI=1S/C14H18FN3O/c1-4-18(3)14(19)10(2)17-9-11-5-6-13(15)12(7-11)8-16/h5-7,10,17H,4,9H2,1-3H3. The van der Waals surface area contributed by atoms with Crippen LogP contribution >= 0.6 is 0 Å². The summed E-state index contributed by atoms with van der Waals surface area (Å²) in [4.78, 5) is 13.5. The molecule has 0 heterocycles. The molecule has 4 nitrogen and oxygen atoms in total. The summed E-state index contributed by atoms with van der Waals surface area (Å²) >= 11 is 0. The number of nitrogens with zero attached hydrogens (tertiary/aromatic N) is 2. The monoisotopic (exact) mass is 263 g/mol. The summed E-state index contributed by atoms with van der Waals surface area (Å²) < 4.78 is 13.1. The summed E-state index contributed by atoms with van der Waals surface area (Å²) in [7, 11) is 1.74. The van der Waals surface area contributed by atoms with Crippen molar-refractivity contribution in [1.29, 1.82) is 5.26 Å². The van der Waals surface area contributed by atoms with Crippen molar-refractivity contribution in [3.8, 4) is 6.07 Å². The van der Waals surface area contributed by atoms with Crippen molar-refractivity contribution in [3.63, 3.8) is 0 Å². The summed E-state index contributed by atoms with van der Waals surface area (Å²) in [6.45, 7) is 4.76. The average molecular weight is 263 g/mol. The van der Waals surface area contributed by atoms with E-state index < -0.39 is 5.82 Å². The maximum Gasteiger partial charge on any atom is 0.239 e. The topological polar surface area (TPSA) is 56.1 Å². The minimum absolute atomic E-state index is 0.00474. The smallest absolute Gasteiger partial charge is 0.239 e. The normalized spacial score (nSPS) is 11.7. The van der Waals surface area contributed by atoms with Crippen LogP contribution in [-0.4, -0.2) is 30.4 Å². The molecule has 0 saturated heterocycles. The van der Waals surface area contributed by atoms with E-state index in [1.807, 2.05) is 6.92 Å². The number of likely N-dealkylation sites (N-methyl/N-ethyl adjacent to an activating group) is 1. The van der Waals surface area contributed by atoms with E-state index in [1.165, 1.54) is 12.1 Å². The Morgan fingerprint density at radius 1 is 1.58 bits per heavy atom. The van der Waals surface area contributed by atoms with Crippen LogP contribution < -0.4 is 5.32 Å². The molecule has 1 unspecified atom stereocenters. The largest absolute Gasteiger partial charge is 0.345 e. The Morgan fingerprint density at radius 3 is 2.84 bits per heavy atom. The molecule has 0 fully saturated rings. The second-order valence-corrected chi connectivity index (χ2v) is 4.38. The lowest BCUT2D eigenvalue weighted by molar-refractivity contribution is -0.131. The first-order chi connectivity index (χ1) is 8.99. The molecule has 1 aromatic carbocycles. The van der Waals surface area contributed by atoms with Gasteiger partial charge in [-0.2, -0.15) is 5.26 Å². The van der Waals surface area contributed by atoms with Crippen molar-refractivity contribution < 1.29 is 9.18 Å². The molecule has 0 aliphatic heterocycles. The minimum Gasteiger partial charge on any atom is -0.345 e. The molecule has 0 radical (unpaired) electrons. The lowest BCUT2D eigenvalue weighted by Crippen LogP contribution is -2.42. The van der Waals surface area contributed by atoms with Crippen molar-refractivity contribution in [2.24, 2.45) is 0 Å². The Kier molecular flexibility index (Phi) is 5.46.